The zero-order valence-electron chi connectivity index (χ0n) is 7.71. The van der Waals surface area contributed by atoms with Crippen molar-refractivity contribution in [3.63, 3.8) is 0 Å². The van der Waals surface area contributed by atoms with Crippen molar-refractivity contribution in [2.75, 3.05) is 6.54 Å². The summed E-state index contributed by atoms with van der Waals surface area (Å²) in [7, 11) is 0. The normalized spacial score (nSPS) is 35.3. The Morgan fingerprint density at radius 2 is 2.17 bits per heavy atom. The number of carboxylic acid groups (broad SMARTS) is 1. The SMILES string of the molecule is CC[C@H]1CN[C@H](C(=O)O)[C@H]1CC. The summed E-state index contributed by atoms with van der Waals surface area (Å²) < 4.78 is 0. The standard InChI is InChI=1S/C9H17NO2/c1-3-6-5-10-8(9(11)12)7(6)4-2/h6-8,10H,3-5H2,1-2H3,(H,11,12)/t6-,7-,8-/m0/s1. The third-order valence-corrected chi connectivity index (χ3v) is 2.90. The fourth-order valence-electron chi connectivity index (χ4n) is 2.14. The first-order chi connectivity index (χ1) is 5.70. The zero-order chi connectivity index (χ0) is 9.14. The van der Waals surface area contributed by atoms with Crippen LogP contribution in [0.25, 0.3) is 0 Å². The predicted molar refractivity (Wildman–Crippen MR) is 47.0 cm³/mol. The van der Waals surface area contributed by atoms with Gasteiger partial charge in [0.15, 0.2) is 0 Å². The Balaban J connectivity index is 2.62. The molecule has 12 heavy (non-hydrogen) atoms. The van der Waals surface area contributed by atoms with E-state index in [1.165, 1.54) is 0 Å². The molecule has 1 rings (SSSR count). The second-order valence-corrected chi connectivity index (χ2v) is 3.46. The molecule has 1 fully saturated rings. The van der Waals surface area contributed by atoms with Crippen LogP contribution in [0.5, 0.6) is 0 Å². The molecule has 1 heterocycles. The van der Waals surface area contributed by atoms with E-state index in [1.54, 1.807) is 0 Å². The summed E-state index contributed by atoms with van der Waals surface area (Å²) in [5.41, 5.74) is 0. The molecule has 0 aliphatic carbocycles. The lowest BCUT2D eigenvalue weighted by Gasteiger charge is -2.18. The molecule has 0 bridgehead atoms. The van der Waals surface area contributed by atoms with Crippen LogP contribution < -0.4 is 5.32 Å². The smallest absolute Gasteiger partial charge is 0.320 e. The monoisotopic (exact) mass is 171 g/mol. The van der Waals surface area contributed by atoms with E-state index in [0.29, 0.717) is 11.8 Å². The number of rotatable bonds is 3. The maximum absolute atomic E-state index is 10.8. The molecule has 3 atom stereocenters. The lowest BCUT2D eigenvalue weighted by atomic mass is 9.87. The van der Waals surface area contributed by atoms with Gasteiger partial charge >= 0.3 is 5.97 Å². The third kappa shape index (κ3) is 1.61. The van der Waals surface area contributed by atoms with Gasteiger partial charge in [0.25, 0.3) is 0 Å². The summed E-state index contributed by atoms with van der Waals surface area (Å²) in [5, 5.41) is 11.9. The lowest BCUT2D eigenvalue weighted by Crippen LogP contribution is -2.35. The number of carboxylic acids is 1. The molecule has 0 aromatic carbocycles. The lowest BCUT2D eigenvalue weighted by molar-refractivity contribution is -0.140. The summed E-state index contributed by atoms with van der Waals surface area (Å²) >= 11 is 0. The van der Waals surface area contributed by atoms with Crippen molar-refractivity contribution in [3.8, 4) is 0 Å². The van der Waals surface area contributed by atoms with Crippen LogP contribution in [0.1, 0.15) is 26.7 Å². The topological polar surface area (TPSA) is 49.3 Å². The van der Waals surface area contributed by atoms with Crippen molar-refractivity contribution < 1.29 is 9.90 Å². The van der Waals surface area contributed by atoms with Gasteiger partial charge < -0.3 is 10.4 Å². The van der Waals surface area contributed by atoms with Crippen LogP contribution in [0.15, 0.2) is 0 Å². The fourth-order valence-corrected chi connectivity index (χ4v) is 2.14. The van der Waals surface area contributed by atoms with E-state index in [9.17, 15) is 4.79 Å². The van der Waals surface area contributed by atoms with Crippen LogP contribution in [-0.4, -0.2) is 23.7 Å². The van der Waals surface area contributed by atoms with Crippen molar-refractivity contribution in [3.05, 3.63) is 0 Å². The third-order valence-electron chi connectivity index (χ3n) is 2.90. The quantitative estimate of drug-likeness (QED) is 0.668. The van der Waals surface area contributed by atoms with E-state index in [1.807, 2.05) is 0 Å². The summed E-state index contributed by atoms with van der Waals surface area (Å²) in [6.45, 7) is 5.06. The highest BCUT2D eigenvalue weighted by Gasteiger charge is 2.37. The molecule has 2 N–H and O–H groups in total. The molecule has 0 radical (unpaired) electrons. The van der Waals surface area contributed by atoms with Crippen molar-refractivity contribution in [1.82, 2.24) is 5.32 Å². The summed E-state index contributed by atoms with van der Waals surface area (Å²) in [6.07, 6.45) is 2.04. The molecule has 3 heteroatoms. The van der Waals surface area contributed by atoms with Crippen LogP contribution in [0.4, 0.5) is 0 Å². The van der Waals surface area contributed by atoms with Gasteiger partial charge in [0.1, 0.15) is 6.04 Å². The Morgan fingerprint density at radius 3 is 2.58 bits per heavy atom. The van der Waals surface area contributed by atoms with Gasteiger partial charge in [-0.3, -0.25) is 4.79 Å². The van der Waals surface area contributed by atoms with Gasteiger partial charge in [-0.1, -0.05) is 26.7 Å². The minimum atomic E-state index is -0.696. The zero-order valence-corrected chi connectivity index (χ0v) is 7.71. The Bertz CT molecular complexity index is 170. The first kappa shape index (κ1) is 9.52. The van der Waals surface area contributed by atoms with Crippen LogP contribution in [0, 0.1) is 11.8 Å². The summed E-state index contributed by atoms with van der Waals surface area (Å²) in [5.74, 6) is 0.182. The van der Waals surface area contributed by atoms with E-state index >= 15 is 0 Å². The maximum atomic E-state index is 10.8. The maximum Gasteiger partial charge on any atom is 0.320 e. The molecule has 0 aromatic heterocycles. The van der Waals surface area contributed by atoms with E-state index in [0.717, 1.165) is 19.4 Å². The van der Waals surface area contributed by atoms with Crippen molar-refractivity contribution in [2.24, 2.45) is 11.8 Å². The first-order valence-electron chi connectivity index (χ1n) is 4.66. The molecular weight excluding hydrogens is 154 g/mol. The van der Waals surface area contributed by atoms with Gasteiger partial charge in [0, 0.05) is 0 Å². The van der Waals surface area contributed by atoms with E-state index in [4.69, 9.17) is 5.11 Å². The minimum Gasteiger partial charge on any atom is -0.480 e. The van der Waals surface area contributed by atoms with Crippen molar-refractivity contribution in [2.45, 2.75) is 32.7 Å². The molecule has 0 spiro atoms. The largest absolute Gasteiger partial charge is 0.480 e. The summed E-state index contributed by atoms with van der Waals surface area (Å²) in [6, 6.07) is -0.306. The van der Waals surface area contributed by atoms with Gasteiger partial charge in [-0.15, -0.1) is 0 Å². The molecule has 0 unspecified atom stereocenters. The molecule has 0 amide bonds. The van der Waals surface area contributed by atoms with Crippen molar-refractivity contribution >= 4 is 5.97 Å². The number of carbonyl (C=O) groups is 1. The first-order valence-corrected chi connectivity index (χ1v) is 4.66. The number of hydrogen-bond donors (Lipinski definition) is 2. The summed E-state index contributed by atoms with van der Waals surface area (Å²) in [4.78, 5) is 10.8. The molecule has 1 saturated heterocycles. The van der Waals surface area contributed by atoms with Crippen LogP contribution >= 0.6 is 0 Å². The average molecular weight is 171 g/mol. The molecule has 0 aromatic rings. The predicted octanol–water partition coefficient (Wildman–Crippen LogP) is 1.10. The molecule has 1 aliphatic rings. The Labute approximate surface area is 73.2 Å². The van der Waals surface area contributed by atoms with Crippen molar-refractivity contribution in [1.29, 1.82) is 0 Å². The molecule has 70 valence electrons. The van der Waals surface area contributed by atoms with Gasteiger partial charge in [0.2, 0.25) is 0 Å². The average Bonchev–Trinajstić information content (AvgIpc) is 2.46. The van der Waals surface area contributed by atoms with E-state index in [-0.39, 0.29) is 6.04 Å². The Hall–Kier alpha value is -0.570. The Morgan fingerprint density at radius 1 is 1.50 bits per heavy atom. The molecule has 1 aliphatic heterocycles. The minimum absolute atomic E-state index is 0.306. The number of hydrogen-bond acceptors (Lipinski definition) is 2. The molecule has 3 nitrogen and oxygen atoms in total. The Kier molecular flexibility index (Phi) is 3.09. The fraction of sp³-hybridized carbons (Fsp3) is 0.889. The van der Waals surface area contributed by atoms with Gasteiger partial charge in [-0.2, -0.15) is 0 Å². The van der Waals surface area contributed by atoms with Gasteiger partial charge in [0.05, 0.1) is 0 Å². The van der Waals surface area contributed by atoms with E-state index < -0.39 is 5.97 Å². The van der Waals surface area contributed by atoms with Gasteiger partial charge in [-0.05, 0) is 18.4 Å². The van der Waals surface area contributed by atoms with Crippen LogP contribution in [0.3, 0.4) is 0 Å². The highest BCUT2D eigenvalue weighted by molar-refractivity contribution is 5.74. The van der Waals surface area contributed by atoms with Crippen LogP contribution in [-0.2, 0) is 4.79 Å². The van der Waals surface area contributed by atoms with E-state index in [2.05, 4.69) is 19.2 Å². The number of nitrogens with one attached hydrogen (secondary N) is 1. The number of aliphatic carboxylic acids is 1. The van der Waals surface area contributed by atoms with Crippen LogP contribution in [0.2, 0.25) is 0 Å². The molecule has 0 saturated carbocycles. The molecular formula is C9H17NO2. The second kappa shape index (κ2) is 3.90. The second-order valence-electron chi connectivity index (χ2n) is 3.46. The van der Waals surface area contributed by atoms with Gasteiger partial charge in [-0.25, -0.2) is 0 Å². The highest BCUT2D eigenvalue weighted by atomic mass is 16.4. The highest BCUT2D eigenvalue weighted by Crippen LogP contribution is 2.27.